The molecule has 28 heavy (non-hydrogen) atoms. The molecule has 0 unspecified atom stereocenters. The molecule has 5 nitrogen and oxygen atoms in total. The number of cyclic esters (lactones) is 1. The molecule has 2 N–H and O–H groups in total. The lowest BCUT2D eigenvalue weighted by Gasteiger charge is -2.33. The van der Waals surface area contributed by atoms with Crippen LogP contribution in [-0.2, 0) is 20.7 Å². The molecule has 1 aliphatic rings. The lowest BCUT2D eigenvalue weighted by molar-refractivity contribution is -0.159. The molecule has 0 spiro atoms. The second-order valence-corrected chi connectivity index (χ2v) is 7.10. The van der Waals surface area contributed by atoms with Gasteiger partial charge in [0.1, 0.15) is 29.8 Å². The Bertz CT molecular complexity index is 753. The molecule has 6 heteroatoms. The lowest BCUT2D eigenvalue weighted by Crippen LogP contribution is -2.46. The van der Waals surface area contributed by atoms with Gasteiger partial charge in [-0.25, -0.2) is 4.39 Å². The summed E-state index contributed by atoms with van der Waals surface area (Å²) in [6, 6.07) is 15.0. The molecular weight excluding hydrogens is 361 g/mol. The minimum atomic E-state index is -0.812. The number of hydrogen-bond acceptors (Lipinski definition) is 5. The van der Waals surface area contributed by atoms with Crippen LogP contribution in [0, 0.1) is 11.7 Å². The van der Waals surface area contributed by atoms with Gasteiger partial charge < -0.3 is 19.9 Å². The first-order valence-electron chi connectivity index (χ1n) is 9.53. The van der Waals surface area contributed by atoms with Gasteiger partial charge in [-0.15, -0.1) is 0 Å². The second-order valence-electron chi connectivity index (χ2n) is 7.10. The van der Waals surface area contributed by atoms with Gasteiger partial charge in [-0.2, -0.15) is 0 Å². The number of hydrogen-bond donors (Lipinski definition) is 1. The van der Waals surface area contributed by atoms with Gasteiger partial charge in [0, 0.05) is 12.5 Å². The SMILES string of the molecule is C[C@@H]1OC(=O)[C@@H](N)COCC[C@H](Cc2ccc(F)cc2)[C@H]1Oc1ccccc1. The Labute approximate surface area is 164 Å². The van der Waals surface area contributed by atoms with E-state index in [2.05, 4.69) is 0 Å². The van der Waals surface area contributed by atoms with E-state index in [9.17, 15) is 9.18 Å². The molecule has 0 bridgehead atoms. The van der Waals surface area contributed by atoms with Gasteiger partial charge in [-0.05, 0) is 49.6 Å². The predicted molar refractivity (Wildman–Crippen MR) is 103 cm³/mol. The minimum Gasteiger partial charge on any atom is -0.486 e. The van der Waals surface area contributed by atoms with E-state index in [-0.39, 0.29) is 18.3 Å². The zero-order chi connectivity index (χ0) is 19.9. The highest BCUT2D eigenvalue weighted by molar-refractivity contribution is 5.75. The van der Waals surface area contributed by atoms with E-state index in [1.165, 1.54) is 12.1 Å². The lowest BCUT2D eigenvalue weighted by atomic mass is 9.88. The molecule has 0 amide bonds. The predicted octanol–water partition coefficient (Wildman–Crippen LogP) is 3.11. The number of nitrogens with two attached hydrogens (primary N) is 1. The number of carbonyl (C=O) groups excluding carboxylic acids is 1. The van der Waals surface area contributed by atoms with E-state index in [0.29, 0.717) is 25.2 Å². The average Bonchev–Trinajstić information content (AvgIpc) is 2.70. The van der Waals surface area contributed by atoms with Crippen molar-refractivity contribution in [3.63, 3.8) is 0 Å². The maximum atomic E-state index is 13.3. The summed E-state index contributed by atoms with van der Waals surface area (Å²) in [6.07, 6.45) is 0.450. The number of para-hydroxylation sites is 1. The zero-order valence-corrected chi connectivity index (χ0v) is 15.9. The highest BCUT2D eigenvalue weighted by atomic mass is 19.1. The fourth-order valence-electron chi connectivity index (χ4n) is 3.39. The first kappa shape index (κ1) is 20.3. The molecule has 0 aromatic heterocycles. The summed E-state index contributed by atoms with van der Waals surface area (Å²) in [7, 11) is 0. The summed E-state index contributed by atoms with van der Waals surface area (Å²) in [5.74, 6) is -0.0763. The van der Waals surface area contributed by atoms with Crippen molar-refractivity contribution in [3.05, 3.63) is 66.0 Å². The summed E-state index contributed by atoms with van der Waals surface area (Å²) >= 11 is 0. The Hall–Kier alpha value is -2.44. The minimum absolute atomic E-state index is 0.00259. The van der Waals surface area contributed by atoms with E-state index in [4.69, 9.17) is 19.9 Å². The van der Waals surface area contributed by atoms with Crippen LogP contribution in [0.5, 0.6) is 5.75 Å². The topological polar surface area (TPSA) is 70.8 Å². The first-order valence-corrected chi connectivity index (χ1v) is 9.53. The van der Waals surface area contributed by atoms with Gasteiger partial charge >= 0.3 is 5.97 Å². The van der Waals surface area contributed by atoms with Gasteiger partial charge in [0.25, 0.3) is 0 Å². The maximum Gasteiger partial charge on any atom is 0.325 e. The Morgan fingerprint density at radius 3 is 2.57 bits per heavy atom. The fraction of sp³-hybridized carbons (Fsp3) is 0.409. The van der Waals surface area contributed by atoms with Crippen LogP contribution >= 0.6 is 0 Å². The van der Waals surface area contributed by atoms with Gasteiger partial charge in [-0.3, -0.25) is 4.79 Å². The third-order valence-electron chi connectivity index (χ3n) is 4.89. The molecule has 0 radical (unpaired) electrons. The van der Waals surface area contributed by atoms with Crippen molar-refractivity contribution in [2.75, 3.05) is 13.2 Å². The van der Waals surface area contributed by atoms with Crippen molar-refractivity contribution in [1.29, 1.82) is 0 Å². The Balaban J connectivity index is 1.85. The molecule has 150 valence electrons. The van der Waals surface area contributed by atoms with Gasteiger partial charge in [0.05, 0.1) is 6.61 Å². The Kier molecular flexibility index (Phi) is 7.01. The summed E-state index contributed by atoms with van der Waals surface area (Å²) in [5.41, 5.74) is 6.81. The quantitative estimate of drug-likeness (QED) is 0.817. The molecule has 3 rings (SSSR count). The van der Waals surface area contributed by atoms with Gasteiger partial charge in [0.15, 0.2) is 0 Å². The monoisotopic (exact) mass is 387 g/mol. The van der Waals surface area contributed by atoms with Crippen molar-refractivity contribution in [3.8, 4) is 5.75 Å². The smallest absolute Gasteiger partial charge is 0.325 e. The normalized spacial score (nSPS) is 26.3. The molecule has 4 atom stereocenters. The van der Waals surface area contributed by atoms with Crippen molar-refractivity contribution in [2.24, 2.45) is 11.7 Å². The highest BCUT2D eigenvalue weighted by Crippen LogP contribution is 2.26. The zero-order valence-electron chi connectivity index (χ0n) is 15.9. The van der Waals surface area contributed by atoms with E-state index < -0.39 is 24.2 Å². The number of rotatable bonds is 4. The summed E-state index contributed by atoms with van der Waals surface area (Å²) < 4.78 is 30.7. The second kappa shape index (κ2) is 9.66. The number of ether oxygens (including phenoxy) is 3. The summed E-state index contributed by atoms with van der Waals surface area (Å²) in [6.45, 7) is 2.39. The molecule has 1 heterocycles. The number of esters is 1. The van der Waals surface area contributed by atoms with E-state index in [1.54, 1.807) is 12.1 Å². The highest BCUT2D eigenvalue weighted by Gasteiger charge is 2.33. The summed E-state index contributed by atoms with van der Waals surface area (Å²) in [4.78, 5) is 12.2. The van der Waals surface area contributed by atoms with Crippen LogP contribution in [0.4, 0.5) is 4.39 Å². The van der Waals surface area contributed by atoms with E-state index in [0.717, 1.165) is 5.56 Å². The average molecular weight is 387 g/mol. The van der Waals surface area contributed by atoms with Crippen LogP contribution in [0.3, 0.4) is 0 Å². The Morgan fingerprint density at radius 1 is 1.14 bits per heavy atom. The number of carbonyl (C=O) groups is 1. The van der Waals surface area contributed by atoms with Crippen molar-refractivity contribution >= 4 is 5.97 Å². The molecule has 0 aliphatic carbocycles. The van der Waals surface area contributed by atoms with Gasteiger partial charge in [-0.1, -0.05) is 30.3 Å². The molecular formula is C22H26FNO4. The van der Waals surface area contributed by atoms with Crippen molar-refractivity contribution < 1.29 is 23.4 Å². The maximum absolute atomic E-state index is 13.3. The van der Waals surface area contributed by atoms with Crippen LogP contribution in [-0.4, -0.2) is 37.4 Å². The Morgan fingerprint density at radius 2 is 1.86 bits per heavy atom. The van der Waals surface area contributed by atoms with Crippen molar-refractivity contribution in [2.45, 2.75) is 38.0 Å². The number of benzene rings is 2. The molecule has 1 fully saturated rings. The number of halogens is 1. The fourth-order valence-corrected chi connectivity index (χ4v) is 3.39. The summed E-state index contributed by atoms with van der Waals surface area (Å²) in [5, 5.41) is 0. The van der Waals surface area contributed by atoms with E-state index in [1.807, 2.05) is 37.3 Å². The van der Waals surface area contributed by atoms with Crippen LogP contribution in [0.2, 0.25) is 0 Å². The largest absolute Gasteiger partial charge is 0.486 e. The molecule has 2 aromatic rings. The molecule has 1 saturated heterocycles. The van der Waals surface area contributed by atoms with Crippen LogP contribution in [0.15, 0.2) is 54.6 Å². The van der Waals surface area contributed by atoms with Crippen LogP contribution in [0.1, 0.15) is 18.9 Å². The third-order valence-corrected chi connectivity index (χ3v) is 4.89. The van der Waals surface area contributed by atoms with Gasteiger partial charge in [0.2, 0.25) is 0 Å². The third kappa shape index (κ3) is 5.53. The van der Waals surface area contributed by atoms with Crippen LogP contribution in [0.25, 0.3) is 0 Å². The van der Waals surface area contributed by atoms with E-state index >= 15 is 0 Å². The molecule has 2 aromatic carbocycles. The van der Waals surface area contributed by atoms with Crippen LogP contribution < -0.4 is 10.5 Å². The first-order chi connectivity index (χ1) is 13.5. The van der Waals surface area contributed by atoms with Crippen molar-refractivity contribution in [1.82, 2.24) is 0 Å². The molecule has 1 aliphatic heterocycles. The molecule has 0 saturated carbocycles. The standard InChI is InChI=1S/C22H26FNO4/c1-15-21(28-19-5-3-2-4-6-19)17(13-16-7-9-18(23)10-8-16)11-12-26-14-20(24)22(25)27-15/h2-10,15,17,20-21H,11-14,24H2,1H3/t15-,17+,20-,21-/m0/s1.